The second kappa shape index (κ2) is 4.39. The lowest BCUT2D eigenvalue weighted by Crippen LogP contribution is -2.19. The number of hydrogen-bond donors (Lipinski definition) is 5. The summed E-state index contributed by atoms with van der Waals surface area (Å²) in [5, 5.41) is 19.9. The van der Waals surface area contributed by atoms with Crippen LogP contribution >= 0.6 is 0 Å². The maximum absolute atomic E-state index is 12.2. The van der Waals surface area contributed by atoms with Gasteiger partial charge in [-0.15, -0.1) is 0 Å². The van der Waals surface area contributed by atoms with E-state index in [2.05, 4.69) is 25.1 Å². The zero-order valence-electron chi connectivity index (χ0n) is 10.3. The molecule has 10 heteroatoms. The molecule has 2 aromatic rings. The van der Waals surface area contributed by atoms with E-state index in [9.17, 15) is 8.42 Å². The minimum atomic E-state index is -3.82. The fourth-order valence-corrected chi connectivity index (χ4v) is 3.10. The van der Waals surface area contributed by atoms with Crippen LogP contribution in [0, 0.1) is 19.3 Å². The molecule has 0 fully saturated rings. The summed E-state index contributed by atoms with van der Waals surface area (Å²) >= 11 is 0. The van der Waals surface area contributed by atoms with Gasteiger partial charge in [0.05, 0.1) is 23.1 Å². The first-order chi connectivity index (χ1) is 8.83. The Bertz CT molecular complexity index is 708. The molecule has 9 nitrogen and oxygen atoms in total. The molecular formula is C9H13N7O2S. The number of nitrogens with two attached hydrogens (primary N) is 1. The van der Waals surface area contributed by atoms with Gasteiger partial charge in [0.2, 0.25) is 0 Å². The quantitative estimate of drug-likeness (QED) is 0.389. The number of sulfonamides is 1. The third kappa shape index (κ3) is 2.29. The summed E-state index contributed by atoms with van der Waals surface area (Å²) in [7, 11) is -3.82. The van der Waals surface area contributed by atoms with Crippen LogP contribution < -0.4 is 10.5 Å². The fourth-order valence-electron chi connectivity index (χ4n) is 1.69. The average molecular weight is 283 g/mol. The van der Waals surface area contributed by atoms with E-state index in [1.165, 1.54) is 6.20 Å². The Morgan fingerprint density at radius 2 is 2.11 bits per heavy atom. The molecule has 0 spiro atoms. The van der Waals surface area contributed by atoms with Gasteiger partial charge in [0, 0.05) is 0 Å². The Hall–Kier alpha value is -2.36. The van der Waals surface area contributed by atoms with Crippen LogP contribution in [0.2, 0.25) is 0 Å². The van der Waals surface area contributed by atoms with Gasteiger partial charge >= 0.3 is 0 Å². The van der Waals surface area contributed by atoms with E-state index in [0.717, 1.165) is 0 Å². The highest BCUT2D eigenvalue weighted by Gasteiger charge is 2.24. The SMILES string of the molecule is Cc1n[nH]c(C)c1S(=O)(=O)Nc1[nH]ncc1C(=N)N. The van der Waals surface area contributed by atoms with Crippen LogP contribution in [-0.4, -0.2) is 34.6 Å². The molecule has 0 unspecified atom stereocenters. The van der Waals surface area contributed by atoms with Crippen molar-refractivity contribution >= 4 is 21.7 Å². The number of aryl methyl sites for hydroxylation is 2. The van der Waals surface area contributed by atoms with E-state index in [-0.39, 0.29) is 22.1 Å². The second-order valence-corrected chi connectivity index (χ2v) is 5.56. The first kappa shape index (κ1) is 13.1. The number of nitrogens with one attached hydrogen (secondary N) is 4. The maximum Gasteiger partial charge on any atom is 0.266 e. The molecule has 0 amide bonds. The minimum Gasteiger partial charge on any atom is -0.384 e. The first-order valence-electron chi connectivity index (χ1n) is 5.25. The van der Waals surface area contributed by atoms with Gasteiger partial charge < -0.3 is 5.73 Å². The topological polar surface area (TPSA) is 153 Å². The summed E-state index contributed by atoms with van der Waals surface area (Å²) in [5.74, 6) is -0.236. The molecule has 0 bridgehead atoms. The number of nitrogens with zero attached hydrogens (tertiary/aromatic N) is 2. The number of aromatic amines is 2. The summed E-state index contributed by atoms with van der Waals surface area (Å²) in [6, 6.07) is 0. The summed E-state index contributed by atoms with van der Waals surface area (Å²) < 4.78 is 26.8. The molecule has 2 heterocycles. The smallest absolute Gasteiger partial charge is 0.266 e. The summed E-state index contributed by atoms with van der Waals surface area (Å²) in [6.45, 7) is 3.18. The third-order valence-electron chi connectivity index (χ3n) is 2.50. The zero-order valence-corrected chi connectivity index (χ0v) is 11.1. The lowest BCUT2D eigenvalue weighted by Gasteiger charge is -2.07. The average Bonchev–Trinajstić information content (AvgIpc) is 2.85. The molecule has 0 aliphatic carbocycles. The van der Waals surface area contributed by atoms with Crippen LogP contribution in [0.1, 0.15) is 17.0 Å². The standard InChI is InChI=1S/C9H13N7O2S/c1-4-7(5(2)14-13-4)19(17,18)16-9-6(8(10)11)3-12-15-9/h3H,1-2H3,(H3,10,11)(H,13,14)(H2,12,15,16). The Morgan fingerprint density at radius 1 is 1.42 bits per heavy atom. The number of anilines is 1. The van der Waals surface area contributed by atoms with Gasteiger partial charge in [-0.1, -0.05) is 0 Å². The molecule has 0 saturated heterocycles. The monoisotopic (exact) mass is 283 g/mol. The van der Waals surface area contributed by atoms with Crippen molar-refractivity contribution in [3.63, 3.8) is 0 Å². The number of nitrogen functional groups attached to an aromatic ring is 1. The highest BCUT2D eigenvalue weighted by atomic mass is 32.2. The minimum absolute atomic E-state index is 0.0486. The van der Waals surface area contributed by atoms with Crippen molar-refractivity contribution in [1.82, 2.24) is 20.4 Å². The zero-order chi connectivity index (χ0) is 14.2. The highest BCUT2D eigenvalue weighted by Crippen LogP contribution is 2.21. The summed E-state index contributed by atoms with van der Waals surface area (Å²) in [4.78, 5) is 0.0663. The Labute approximate surface area is 109 Å². The molecule has 0 aliphatic rings. The molecule has 0 aliphatic heterocycles. The van der Waals surface area contributed by atoms with Crippen molar-refractivity contribution in [3.8, 4) is 0 Å². The van der Waals surface area contributed by atoms with E-state index >= 15 is 0 Å². The molecule has 6 N–H and O–H groups in total. The largest absolute Gasteiger partial charge is 0.384 e. The normalized spacial score (nSPS) is 11.5. The van der Waals surface area contributed by atoms with E-state index < -0.39 is 10.0 Å². The molecule has 0 radical (unpaired) electrons. The van der Waals surface area contributed by atoms with Crippen molar-refractivity contribution in [2.24, 2.45) is 5.73 Å². The molecule has 0 atom stereocenters. The van der Waals surface area contributed by atoms with Crippen molar-refractivity contribution in [2.75, 3.05) is 4.72 Å². The van der Waals surface area contributed by atoms with Crippen molar-refractivity contribution < 1.29 is 8.42 Å². The number of amidine groups is 1. The van der Waals surface area contributed by atoms with Gasteiger partial charge in [0.25, 0.3) is 10.0 Å². The number of aromatic nitrogens is 4. The van der Waals surface area contributed by atoms with Gasteiger partial charge in [-0.3, -0.25) is 20.3 Å². The predicted octanol–water partition coefficient (Wildman–Crippen LogP) is -0.165. The van der Waals surface area contributed by atoms with Gasteiger partial charge in [0.1, 0.15) is 16.5 Å². The maximum atomic E-state index is 12.2. The Kier molecular flexibility index (Phi) is 3.02. The Balaban J connectivity index is 2.43. The van der Waals surface area contributed by atoms with Crippen LogP contribution in [0.5, 0.6) is 0 Å². The van der Waals surface area contributed by atoms with E-state index in [1.54, 1.807) is 13.8 Å². The molecule has 0 saturated carbocycles. The van der Waals surface area contributed by atoms with Gasteiger partial charge in [-0.2, -0.15) is 10.2 Å². The number of H-pyrrole nitrogens is 2. The molecule has 19 heavy (non-hydrogen) atoms. The summed E-state index contributed by atoms with van der Waals surface area (Å²) in [5.41, 5.74) is 6.29. The van der Waals surface area contributed by atoms with Gasteiger partial charge in [0.15, 0.2) is 0 Å². The van der Waals surface area contributed by atoms with Crippen molar-refractivity contribution in [2.45, 2.75) is 18.7 Å². The van der Waals surface area contributed by atoms with E-state index in [1.807, 2.05) is 0 Å². The van der Waals surface area contributed by atoms with Crippen LogP contribution in [0.3, 0.4) is 0 Å². The number of rotatable bonds is 4. The van der Waals surface area contributed by atoms with Gasteiger partial charge in [-0.05, 0) is 13.8 Å². The first-order valence-corrected chi connectivity index (χ1v) is 6.73. The fraction of sp³-hybridized carbons (Fsp3) is 0.222. The molecule has 2 rings (SSSR count). The second-order valence-electron chi connectivity index (χ2n) is 3.94. The Morgan fingerprint density at radius 3 is 2.63 bits per heavy atom. The van der Waals surface area contributed by atoms with Crippen molar-refractivity contribution in [3.05, 3.63) is 23.1 Å². The van der Waals surface area contributed by atoms with Crippen LogP contribution in [0.15, 0.2) is 11.1 Å². The van der Waals surface area contributed by atoms with Crippen LogP contribution in [0.25, 0.3) is 0 Å². The van der Waals surface area contributed by atoms with E-state index in [0.29, 0.717) is 11.4 Å². The molecule has 2 aromatic heterocycles. The summed E-state index contributed by atoms with van der Waals surface area (Å²) in [6.07, 6.45) is 1.27. The van der Waals surface area contributed by atoms with Crippen LogP contribution in [0.4, 0.5) is 5.82 Å². The highest BCUT2D eigenvalue weighted by molar-refractivity contribution is 7.92. The molecule has 102 valence electrons. The lowest BCUT2D eigenvalue weighted by molar-refractivity contribution is 0.600. The third-order valence-corrected chi connectivity index (χ3v) is 4.11. The number of hydrogen-bond acceptors (Lipinski definition) is 5. The lowest BCUT2D eigenvalue weighted by atomic mass is 10.3. The van der Waals surface area contributed by atoms with Crippen molar-refractivity contribution in [1.29, 1.82) is 5.41 Å². The van der Waals surface area contributed by atoms with Gasteiger partial charge in [-0.25, -0.2) is 8.42 Å². The van der Waals surface area contributed by atoms with E-state index in [4.69, 9.17) is 11.1 Å². The van der Waals surface area contributed by atoms with Crippen LogP contribution in [-0.2, 0) is 10.0 Å². The predicted molar refractivity (Wildman–Crippen MR) is 68.5 cm³/mol. The molecule has 0 aromatic carbocycles. The molecular weight excluding hydrogens is 270 g/mol.